The molecule has 0 fully saturated rings. The van der Waals surface area contributed by atoms with E-state index in [0.717, 1.165) is 0 Å². The predicted octanol–water partition coefficient (Wildman–Crippen LogP) is 1.83. The number of halogens is 1. The number of hydrogen-bond donors (Lipinski definition) is 1. The van der Waals surface area contributed by atoms with Crippen LogP contribution < -0.4 is 10.1 Å². The average molecular weight is 185 g/mol. The molecule has 63 valence electrons. The number of nitrogens with one attached hydrogen (secondary N) is 1. The lowest BCUT2D eigenvalue weighted by atomic mass is 10.3. The summed E-state index contributed by atoms with van der Waals surface area (Å²) in [6.07, 6.45) is 1.55. The van der Waals surface area contributed by atoms with Crippen LogP contribution in [0.5, 0.6) is 5.75 Å². The van der Waals surface area contributed by atoms with E-state index in [9.17, 15) is 4.79 Å². The van der Waals surface area contributed by atoms with Crippen molar-refractivity contribution in [3.05, 3.63) is 23.2 Å². The lowest BCUT2D eigenvalue weighted by molar-refractivity contribution is 0.415. The van der Waals surface area contributed by atoms with Gasteiger partial charge in [0.15, 0.2) is 0 Å². The molecule has 1 amide bonds. The number of methoxy groups -OCH3 is 1. The predicted molar refractivity (Wildman–Crippen MR) is 47.3 cm³/mol. The molecule has 1 aromatic carbocycles. The Morgan fingerprint density at radius 2 is 2.33 bits per heavy atom. The zero-order chi connectivity index (χ0) is 8.97. The molecular formula is C8H7ClNO2. The van der Waals surface area contributed by atoms with Crippen molar-refractivity contribution >= 4 is 23.7 Å². The highest BCUT2D eigenvalue weighted by Crippen LogP contribution is 2.26. The smallest absolute Gasteiger partial charge is 0.314 e. The molecule has 1 radical (unpaired) electrons. The zero-order valence-electron chi connectivity index (χ0n) is 6.43. The van der Waals surface area contributed by atoms with Crippen molar-refractivity contribution in [1.29, 1.82) is 0 Å². The molecule has 0 heterocycles. The van der Waals surface area contributed by atoms with Crippen LogP contribution in [0, 0.1) is 0 Å². The number of benzene rings is 1. The van der Waals surface area contributed by atoms with E-state index in [0.29, 0.717) is 16.5 Å². The number of hydrogen-bond acceptors (Lipinski definition) is 2. The highest BCUT2D eigenvalue weighted by Gasteiger charge is 2.00. The summed E-state index contributed by atoms with van der Waals surface area (Å²) in [6.45, 7) is 0. The lowest BCUT2D eigenvalue weighted by Crippen LogP contribution is -1.93. The first-order valence-electron chi connectivity index (χ1n) is 3.24. The minimum Gasteiger partial charge on any atom is -0.495 e. The second kappa shape index (κ2) is 3.97. The summed E-state index contributed by atoms with van der Waals surface area (Å²) >= 11 is 5.77. The fraction of sp³-hybridized carbons (Fsp3) is 0.125. The molecule has 4 heteroatoms. The summed E-state index contributed by atoms with van der Waals surface area (Å²) < 4.78 is 4.92. The van der Waals surface area contributed by atoms with Crippen LogP contribution in [-0.4, -0.2) is 13.5 Å². The van der Waals surface area contributed by atoms with Crippen molar-refractivity contribution in [2.24, 2.45) is 0 Å². The molecule has 0 bridgehead atoms. The van der Waals surface area contributed by atoms with Crippen molar-refractivity contribution < 1.29 is 9.53 Å². The van der Waals surface area contributed by atoms with Gasteiger partial charge >= 0.3 is 6.41 Å². The van der Waals surface area contributed by atoms with Crippen LogP contribution in [0.15, 0.2) is 18.2 Å². The van der Waals surface area contributed by atoms with Crippen LogP contribution >= 0.6 is 11.6 Å². The highest BCUT2D eigenvalue weighted by molar-refractivity contribution is 6.32. The second-order valence-electron chi connectivity index (χ2n) is 2.08. The third-order valence-electron chi connectivity index (χ3n) is 1.35. The first kappa shape index (κ1) is 8.87. The molecule has 0 aromatic heterocycles. The van der Waals surface area contributed by atoms with Crippen LogP contribution in [0.3, 0.4) is 0 Å². The Labute approximate surface area is 75.3 Å². The number of rotatable bonds is 3. The van der Waals surface area contributed by atoms with Gasteiger partial charge in [-0.25, -0.2) is 0 Å². The topological polar surface area (TPSA) is 38.3 Å². The van der Waals surface area contributed by atoms with E-state index in [1.165, 1.54) is 7.11 Å². The SMILES string of the molecule is COc1ccc(N[C]=O)cc1Cl. The minimum absolute atomic E-state index is 0.456. The molecule has 0 unspecified atom stereocenters. The third kappa shape index (κ3) is 1.89. The van der Waals surface area contributed by atoms with Gasteiger partial charge in [-0.05, 0) is 18.2 Å². The van der Waals surface area contributed by atoms with Crippen molar-refractivity contribution in [3.63, 3.8) is 0 Å². The maximum Gasteiger partial charge on any atom is 0.314 e. The molecule has 0 saturated carbocycles. The summed E-state index contributed by atoms with van der Waals surface area (Å²) in [5.74, 6) is 0.577. The summed E-state index contributed by atoms with van der Waals surface area (Å²) in [4.78, 5) is 9.93. The molecule has 0 atom stereocenters. The van der Waals surface area contributed by atoms with Gasteiger partial charge in [-0.3, -0.25) is 4.79 Å². The molecule has 0 aliphatic carbocycles. The zero-order valence-corrected chi connectivity index (χ0v) is 7.18. The normalized spacial score (nSPS) is 9.17. The van der Waals surface area contributed by atoms with Gasteiger partial charge in [-0.2, -0.15) is 0 Å². The molecule has 1 rings (SSSR count). The van der Waals surface area contributed by atoms with E-state index in [2.05, 4.69) is 5.32 Å². The van der Waals surface area contributed by atoms with Gasteiger partial charge in [-0.15, -0.1) is 0 Å². The Hall–Kier alpha value is -1.22. The quantitative estimate of drug-likeness (QED) is 0.728. The van der Waals surface area contributed by atoms with Crippen LogP contribution in [0.1, 0.15) is 0 Å². The summed E-state index contributed by atoms with van der Waals surface area (Å²) in [6, 6.07) is 4.93. The monoisotopic (exact) mass is 184 g/mol. The Morgan fingerprint density at radius 3 is 2.83 bits per heavy atom. The van der Waals surface area contributed by atoms with E-state index in [-0.39, 0.29) is 0 Å². The molecule has 0 aliphatic rings. The fourth-order valence-corrected chi connectivity index (χ4v) is 1.06. The van der Waals surface area contributed by atoms with E-state index in [1.807, 2.05) is 0 Å². The number of carbonyl (C=O) groups excluding carboxylic acids is 1. The summed E-state index contributed by atoms with van der Waals surface area (Å²) in [5.41, 5.74) is 0.593. The molecule has 0 spiro atoms. The third-order valence-corrected chi connectivity index (χ3v) is 1.64. The van der Waals surface area contributed by atoms with Crippen molar-refractivity contribution in [1.82, 2.24) is 0 Å². The van der Waals surface area contributed by atoms with Crippen molar-refractivity contribution in [2.45, 2.75) is 0 Å². The number of anilines is 1. The van der Waals surface area contributed by atoms with Gasteiger partial charge in [0.1, 0.15) is 5.75 Å². The van der Waals surface area contributed by atoms with Crippen LogP contribution in [0.25, 0.3) is 0 Å². The van der Waals surface area contributed by atoms with E-state index < -0.39 is 0 Å². The molecule has 3 nitrogen and oxygen atoms in total. The molecular weight excluding hydrogens is 178 g/mol. The highest BCUT2D eigenvalue weighted by atomic mass is 35.5. The van der Waals surface area contributed by atoms with E-state index >= 15 is 0 Å². The lowest BCUT2D eigenvalue weighted by Gasteiger charge is -2.03. The van der Waals surface area contributed by atoms with Crippen molar-refractivity contribution in [2.75, 3.05) is 12.4 Å². The summed E-state index contributed by atoms with van der Waals surface area (Å²) in [7, 11) is 1.53. The molecule has 1 aromatic rings. The van der Waals surface area contributed by atoms with Gasteiger partial charge in [0.05, 0.1) is 12.1 Å². The van der Waals surface area contributed by atoms with Gasteiger partial charge in [0.2, 0.25) is 0 Å². The van der Waals surface area contributed by atoms with Gasteiger partial charge in [0, 0.05) is 5.69 Å². The fourth-order valence-electron chi connectivity index (χ4n) is 0.803. The van der Waals surface area contributed by atoms with Gasteiger partial charge in [0.25, 0.3) is 0 Å². The van der Waals surface area contributed by atoms with Gasteiger partial charge in [-0.1, -0.05) is 11.6 Å². The number of ether oxygens (including phenoxy) is 1. The summed E-state index contributed by atoms with van der Waals surface area (Å²) in [5, 5.41) is 2.81. The van der Waals surface area contributed by atoms with Crippen LogP contribution in [0.4, 0.5) is 5.69 Å². The Morgan fingerprint density at radius 1 is 1.58 bits per heavy atom. The van der Waals surface area contributed by atoms with Crippen LogP contribution in [0.2, 0.25) is 5.02 Å². The maximum absolute atomic E-state index is 9.93. The van der Waals surface area contributed by atoms with Crippen molar-refractivity contribution in [3.8, 4) is 5.75 Å². The Bertz CT molecular complexity index is 288. The molecule has 12 heavy (non-hydrogen) atoms. The number of amides is 1. The molecule has 0 aliphatic heterocycles. The molecule has 0 saturated heterocycles. The maximum atomic E-state index is 9.93. The second-order valence-corrected chi connectivity index (χ2v) is 2.48. The Balaban J connectivity index is 2.93. The first-order valence-corrected chi connectivity index (χ1v) is 3.62. The minimum atomic E-state index is 0.456. The van der Waals surface area contributed by atoms with Crippen LogP contribution in [-0.2, 0) is 4.79 Å². The standard InChI is InChI=1S/C8H7ClNO2/c1-12-8-3-2-6(10-5-11)4-7(8)9/h2-4H,1H3,(H,10,11). The first-order chi connectivity index (χ1) is 5.77. The Kier molecular flexibility index (Phi) is 2.94. The largest absolute Gasteiger partial charge is 0.495 e. The van der Waals surface area contributed by atoms with E-state index in [1.54, 1.807) is 24.6 Å². The van der Waals surface area contributed by atoms with Gasteiger partial charge < -0.3 is 10.1 Å². The average Bonchev–Trinajstić information content (AvgIpc) is 2.05. The van der Waals surface area contributed by atoms with E-state index in [4.69, 9.17) is 16.3 Å². The molecule has 1 N–H and O–H groups in total.